The summed E-state index contributed by atoms with van der Waals surface area (Å²) in [6.45, 7) is 2.79. The average molecular weight is 410 g/mol. The van der Waals surface area contributed by atoms with Crippen molar-refractivity contribution in [2.45, 2.75) is 38.3 Å². The quantitative estimate of drug-likeness (QED) is 0.722. The highest BCUT2D eigenvalue weighted by molar-refractivity contribution is 5.81. The second-order valence-corrected chi connectivity index (χ2v) is 8.31. The van der Waals surface area contributed by atoms with E-state index in [4.69, 9.17) is 9.47 Å². The second-order valence-electron chi connectivity index (χ2n) is 8.31. The van der Waals surface area contributed by atoms with Gasteiger partial charge < -0.3 is 14.8 Å². The fraction of sp³-hybridized carbons (Fsp3) is 0.500. The van der Waals surface area contributed by atoms with Gasteiger partial charge in [0.05, 0.1) is 26.0 Å². The molecule has 1 saturated carbocycles. The molecular weight excluding hydrogens is 378 g/mol. The van der Waals surface area contributed by atoms with E-state index in [1.54, 1.807) is 14.2 Å². The second kappa shape index (κ2) is 9.47. The Kier molecular flexibility index (Phi) is 6.53. The summed E-state index contributed by atoms with van der Waals surface area (Å²) in [4.78, 5) is 19.5. The third-order valence-electron chi connectivity index (χ3n) is 6.24. The van der Waals surface area contributed by atoms with E-state index in [-0.39, 0.29) is 17.9 Å². The maximum absolute atomic E-state index is 12.5. The zero-order valence-electron chi connectivity index (χ0n) is 17.8. The molecule has 0 unspecified atom stereocenters. The Morgan fingerprint density at radius 1 is 1.13 bits per heavy atom. The number of pyridine rings is 1. The van der Waals surface area contributed by atoms with Crippen LogP contribution in [0.5, 0.6) is 11.5 Å². The van der Waals surface area contributed by atoms with Gasteiger partial charge in [-0.25, -0.2) is 0 Å². The van der Waals surface area contributed by atoms with Gasteiger partial charge in [-0.15, -0.1) is 0 Å². The molecule has 1 aromatic heterocycles. The van der Waals surface area contributed by atoms with Crippen LogP contribution in [-0.4, -0.2) is 43.1 Å². The number of carbonyl (C=O) groups is 1. The van der Waals surface area contributed by atoms with Crippen LogP contribution in [0.25, 0.3) is 0 Å². The van der Waals surface area contributed by atoms with Gasteiger partial charge in [0.15, 0.2) is 0 Å². The summed E-state index contributed by atoms with van der Waals surface area (Å²) in [5.74, 6) is 2.52. The van der Waals surface area contributed by atoms with E-state index < -0.39 is 0 Å². The summed E-state index contributed by atoms with van der Waals surface area (Å²) in [7, 11) is 3.39. The van der Waals surface area contributed by atoms with Gasteiger partial charge in [0.1, 0.15) is 11.5 Å². The van der Waals surface area contributed by atoms with Gasteiger partial charge in [-0.1, -0.05) is 6.07 Å². The van der Waals surface area contributed by atoms with Crippen molar-refractivity contribution in [3.63, 3.8) is 0 Å². The number of piperidine rings is 1. The van der Waals surface area contributed by atoms with Crippen molar-refractivity contribution >= 4 is 5.91 Å². The van der Waals surface area contributed by atoms with E-state index in [2.05, 4.69) is 21.3 Å². The topological polar surface area (TPSA) is 63.7 Å². The van der Waals surface area contributed by atoms with Crippen molar-refractivity contribution in [1.82, 2.24) is 15.2 Å². The number of carbonyl (C=O) groups excluding carboxylic acids is 1. The highest BCUT2D eigenvalue weighted by atomic mass is 16.5. The van der Waals surface area contributed by atoms with Gasteiger partial charge in [0.25, 0.3) is 0 Å². The van der Waals surface area contributed by atoms with E-state index in [0.717, 1.165) is 68.1 Å². The highest BCUT2D eigenvalue weighted by Crippen LogP contribution is 2.34. The van der Waals surface area contributed by atoms with E-state index in [1.165, 1.54) is 0 Å². The molecule has 1 saturated heterocycles. The minimum Gasteiger partial charge on any atom is -0.497 e. The van der Waals surface area contributed by atoms with Gasteiger partial charge >= 0.3 is 0 Å². The number of nitrogens with one attached hydrogen (secondary N) is 1. The predicted molar refractivity (Wildman–Crippen MR) is 115 cm³/mol. The number of ether oxygens (including phenoxy) is 2. The SMILES string of the molecule is COc1ccc(OC)c(CN2CCC([C@@H](NC(=O)C3CC3)c3ccccn3)CC2)c1. The minimum atomic E-state index is -0.00666. The first-order valence-electron chi connectivity index (χ1n) is 10.8. The summed E-state index contributed by atoms with van der Waals surface area (Å²) in [5, 5.41) is 3.31. The van der Waals surface area contributed by atoms with Crippen molar-refractivity contribution in [1.29, 1.82) is 0 Å². The summed E-state index contributed by atoms with van der Waals surface area (Å²) < 4.78 is 10.9. The third kappa shape index (κ3) is 4.93. The van der Waals surface area contributed by atoms with Crippen molar-refractivity contribution in [2.24, 2.45) is 11.8 Å². The van der Waals surface area contributed by atoms with Crippen molar-refractivity contribution in [3.8, 4) is 11.5 Å². The average Bonchev–Trinajstić information content (AvgIpc) is 3.64. The number of amides is 1. The van der Waals surface area contributed by atoms with Gasteiger partial charge in [-0.05, 0) is 75.0 Å². The van der Waals surface area contributed by atoms with Crippen molar-refractivity contribution in [2.75, 3.05) is 27.3 Å². The van der Waals surface area contributed by atoms with Crippen LogP contribution in [0.2, 0.25) is 0 Å². The fourth-order valence-corrected chi connectivity index (χ4v) is 4.30. The number of hydrogen-bond acceptors (Lipinski definition) is 5. The molecule has 0 radical (unpaired) electrons. The maximum atomic E-state index is 12.5. The molecule has 4 rings (SSSR count). The molecule has 6 nitrogen and oxygen atoms in total. The molecule has 1 atom stereocenters. The van der Waals surface area contributed by atoms with Crippen molar-refractivity contribution < 1.29 is 14.3 Å². The van der Waals surface area contributed by atoms with Crippen LogP contribution in [-0.2, 0) is 11.3 Å². The molecule has 0 spiro atoms. The molecule has 2 aromatic rings. The third-order valence-corrected chi connectivity index (χ3v) is 6.24. The van der Waals surface area contributed by atoms with E-state index >= 15 is 0 Å². The number of methoxy groups -OCH3 is 2. The summed E-state index contributed by atoms with van der Waals surface area (Å²) in [5.41, 5.74) is 2.11. The first-order chi connectivity index (χ1) is 14.7. The Bertz CT molecular complexity index is 846. The summed E-state index contributed by atoms with van der Waals surface area (Å²) >= 11 is 0. The number of benzene rings is 1. The van der Waals surface area contributed by atoms with Gasteiger partial charge in [0.2, 0.25) is 5.91 Å². The first kappa shape index (κ1) is 20.7. The largest absolute Gasteiger partial charge is 0.497 e. The molecule has 1 N–H and O–H groups in total. The number of likely N-dealkylation sites (tertiary alicyclic amines) is 1. The molecule has 1 amide bonds. The van der Waals surface area contributed by atoms with Crippen LogP contribution in [0, 0.1) is 11.8 Å². The molecule has 0 bridgehead atoms. The summed E-state index contributed by atoms with van der Waals surface area (Å²) in [6.07, 6.45) is 5.90. The molecular formula is C24H31N3O3. The Morgan fingerprint density at radius 3 is 2.57 bits per heavy atom. The molecule has 1 aliphatic heterocycles. The Labute approximate surface area is 178 Å². The molecule has 30 heavy (non-hydrogen) atoms. The zero-order chi connectivity index (χ0) is 20.9. The molecule has 160 valence electrons. The lowest BCUT2D eigenvalue weighted by molar-refractivity contribution is -0.123. The number of aromatic nitrogens is 1. The van der Waals surface area contributed by atoms with E-state index in [0.29, 0.717) is 5.92 Å². The van der Waals surface area contributed by atoms with Crippen molar-refractivity contribution in [3.05, 3.63) is 53.9 Å². The molecule has 1 aromatic carbocycles. The monoisotopic (exact) mass is 409 g/mol. The van der Waals surface area contributed by atoms with Gasteiger partial charge in [-0.2, -0.15) is 0 Å². The zero-order valence-corrected chi connectivity index (χ0v) is 17.8. The van der Waals surface area contributed by atoms with Crippen LogP contribution < -0.4 is 14.8 Å². The lowest BCUT2D eigenvalue weighted by Crippen LogP contribution is -2.41. The van der Waals surface area contributed by atoms with Gasteiger partial charge in [0, 0.05) is 24.2 Å². The predicted octanol–water partition coefficient (Wildman–Crippen LogP) is 3.58. The Hall–Kier alpha value is -2.60. The van der Waals surface area contributed by atoms with Crippen LogP contribution >= 0.6 is 0 Å². The highest BCUT2D eigenvalue weighted by Gasteiger charge is 2.35. The lowest BCUT2D eigenvalue weighted by atomic mass is 9.87. The molecule has 6 heteroatoms. The standard InChI is InChI=1S/C24H31N3O3/c1-29-20-8-9-22(30-2)19(15-20)16-27-13-10-17(11-14-27)23(21-5-3-4-12-25-21)26-24(28)18-6-7-18/h3-5,8-9,12,15,17-18,23H,6-7,10-11,13-14,16H2,1-2H3,(H,26,28)/t23-/m1/s1. The van der Waals surface area contributed by atoms with Crippen LogP contribution in [0.15, 0.2) is 42.6 Å². The molecule has 2 heterocycles. The summed E-state index contributed by atoms with van der Waals surface area (Å²) in [6, 6.07) is 11.9. The van der Waals surface area contributed by atoms with Crippen LogP contribution in [0.1, 0.15) is 43.0 Å². The normalized spacial score (nSPS) is 18.6. The molecule has 2 aliphatic rings. The number of nitrogens with zero attached hydrogens (tertiary/aromatic N) is 2. The lowest BCUT2D eigenvalue weighted by Gasteiger charge is -2.36. The van der Waals surface area contributed by atoms with E-state index in [1.807, 2.05) is 36.5 Å². The Balaban J connectivity index is 1.41. The Morgan fingerprint density at radius 2 is 1.93 bits per heavy atom. The maximum Gasteiger partial charge on any atom is 0.223 e. The van der Waals surface area contributed by atoms with Gasteiger partial charge in [-0.3, -0.25) is 14.7 Å². The van der Waals surface area contributed by atoms with Crippen LogP contribution in [0.4, 0.5) is 0 Å². The minimum absolute atomic E-state index is 0.00666. The first-order valence-corrected chi connectivity index (χ1v) is 10.8. The molecule has 2 fully saturated rings. The smallest absolute Gasteiger partial charge is 0.223 e. The van der Waals surface area contributed by atoms with Crippen LogP contribution in [0.3, 0.4) is 0 Å². The van der Waals surface area contributed by atoms with E-state index in [9.17, 15) is 4.79 Å². The fourth-order valence-electron chi connectivity index (χ4n) is 4.30. The molecule has 1 aliphatic carbocycles. The number of hydrogen-bond donors (Lipinski definition) is 1. The number of rotatable bonds is 8.